The number of rotatable bonds is 5. The molecule has 0 saturated carbocycles. The van der Waals surface area contributed by atoms with Gasteiger partial charge in [-0.1, -0.05) is 6.07 Å². The summed E-state index contributed by atoms with van der Waals surface area (Å²) < 4.78 is 5.47. The van der Waals surface area contributed by atoms with Crippen molar-refractivity contribution < 1.29 is 14.3 Å². The standard InChI is InChI=1S/C15H18N2O3/c1-10-5-4-6-12(16-10)8-17(3)9-13-7-14(15(18)19)11(2)20-13/h4-7H,8-9H2,1-3H3,(H,18,19). The Morgan fingerprint density at radius 3 is 2.70 bits per heavy atom. The first kappa shape index (κ1) is 14.3. The van der Waals surface area contributed by atoms with Gasteiger partial charge < -0.3 is 9.52 Å². The first-order chi connectivity index (χ1) is 9.45. The van der Waals surface area contributed by atoms with Crippen molar-refractivity contribution in [1.82, 2.24) is 9.88 Å². The maximum absolute atomic E-state index is 11.0. The molecule has 2 rings (SSSR count). The molecule has 0 spiro atoms. The fourth-order valence-electron chi connectivity index (χ4n) is 2.12. The Morgan fingerprint density at radius 2 is 2.10 bits per heavy atom. The number of carboxylic acid groups (broad SMARTS) is 1. The van der Waals surface area contributed by atoms with Crippen molar-refractivity contribution in [1.29, 1.82) is 0 Å². The molecule has 0 aliphatic rings. The molecule has 0 amide bonds. The Balaban J connectivity index is 2.03. The van der Waals surface area contributed by atoms with Crippen LogP contribution in [0.25, 0.3) is 0 Å². The molecule has 106 valence electrons. The number of carbonyl (C=O) groups is 1. The molecule has 0 aliphatic carbocycles. The second-order valence-electron chi connectivity index (χ2n) is 4.93. The van der Waals surface area contributed by atoms with Gasteiger partial charge in [0, 0.05) is 12.2 Å². The van der Waals surface area contributed by atoms with Crippen molar-refractivity contribution in [3.8, 4) is 0 Å². The number of pyridine rings is 1. The van der Waals surface area contributed by atoms with Crippen LogP contribution in [0.4, 0.5) is 0 Å². The van der Waals surface area contributed by atoms with E-state index in [2.05, 4.69) is 4.98 Å². The minimum atomic E-state index is -0.958. The van der Waals surface area contributed by atoms with Crippen molar-refractivity contribution in [3.05, 3.63) is 52.7 Å². The van der Waals surface area contributed by atoms with E-state index < -0.39 is 5.97 Å². The molecular formula is C15H18N2O3. The van der Waals surface area contributed by atoms with E-state index in [1.807, 2.05) is 37.1 Å². The average molecular weight is 274 g/mol. The molecule has 0 atom stereocenters. The SMILES string of the molecule is Cc1cccc(CN(C)Cc2cc(C(=O)O)c(C)o2)n1. The molecule has 0 aliphatic heterocycles. The molecule has 0 bridgehead atoms. The lowest BCUT2D eigenvalue weighted by molar-refractivity contribution is 0.0695. The van der Waals surface area contributed by atoms with Gasteiger partial charge in [-0.3, -0.25) is 9.88 Å². The van der Waals surface area contributed by atoms with Crippen molar-refractivity contribution in [2.75, 3.05) is 7.05 Å². The normalized spacial score (nSPS) is 11.0. The molecule has 20 heavy (non-hydrogen) atoms. The smallest absolute Gasteiger partial charge is 0.339 e. The van der Waals surface area contributed by atoms with Crippen LogP contribution >= 0.6 is 0 Å². The molecule has 0 unspecified atom stereocenters. The summed E-state index contributed by atoms with van der Waals surface area (Å²) in [7, 11) is 1.95. The Hall–Kier alpha value is -2.14. The van der Waals surface area contributed by atoms with Crippen LogP contribution in [0.2, 0.25) is 0 Å². The molecular weight excluding hydrogens is 256 g/mol. The van der Waals surface area contributed by atoms with Gasteiger partial charge in [-0.2, -0.15) is 0 Å². The van der Waals surface area contributed by atoms with E-state index in [1.165, 1.54) is 0 Å². The molecule has 0 fully saturated rings. The minimum Gasteiger partial charge on any atom is -0.478 e. The fraction of sp³-hybridized carbons (Fsp3) is 0.333. The number of hydrogen-bond acceptors (Lipinski definition) is 4. The Bertz CT molecular complexity index is 619. The van der Waals surface area contributed by atoms with Crippen LogP contribution in [0.1, 0.15) is 33.3 Å². The third-order valence-electron chi connectivity index (χ3n) is 3.00. The predicted molar refractivity (Wildman–Crippen MR) is 74.5 cm³/mol. The van der Waals surface area contributed by atoms with E-state index in [0.717, 1.165) is 11.4 Å². The Morgan fingerprint density at radius 1 is 1.35 bits per heavy atom. The predicted octanol–water partition coefficient (Wildman–Crippen LogP) is 2.62. The van der Waals surface area contributed by atoms with Gasteiger partial charge in [-0.25, -0.2) is 4.79 Å². The van der Waals surface area contributed by atoms with Crippen molar-refractivity contribution in [3.63, 3.8) is 0 Å². The largest absolute Gasteiger partial charge is 0.478 e. The molecule has 0 aromatic carbocycles. The van der Waals surface area contributed by atoms with Crippen LogP contribution in [0.3, 0.4) is 0 Å². The highest BCUT2D eigenvalue weighted by Gasteiger charge is 2.14. The van der Waals surface area contributed by atoms with Gasteiger partial charge in [-0.15, -0.1) is 0 Å². The Labute approximate surface area is 117 Å². The summed E-state index contributed by atoms with van der Waals surface area (Å²) in [5, 5.41) is 9.00. The van der Waals surface area contributed by atoms with Gasteiger partial charge in [0.25, 0.3) is 0 Å². The average Bonchev–Trinajstić information content (AvgIpc) is 2.70. The van der Waals surface area contributed by atoms with Gasteiger partial charge >= 0.3 is 5.97 Å². The van der Waals surface area contributed by atoms with Gasteiger partial charge in [0.05, 0.1) is 12.2 Å². The third-order valence-corrected chi connectivity index (χ3v) is 3.00. The van der Waals surface area contributed by atoms with Crippen molar-refractivity contribution in [2.45, 2.75) is 26.9 Å². The number of nitrogens with zero attached hydrogens (tertiary/aromatic N) is 2. The second kappa shape index (κ2) is 5.88. The number of furan rings is 1. The molecule has 5 heteroatoms. The molecule has 0 saturated heterocycles. The summed E-state index contributed by atoms with van der Waals surface area (Å²) in [6, 6.07) is 7.49. The molecule has 0 radical (unpaired) electrons. The highest BCUT2D eigenvalue weighted by molar-refractivity contribution is 5.88. The van der Waals surface area contributed by atoms with E-state index in [-0.39, 0.29) is 5.56 Å². The highest BCUT2D eigenvalue weighted by Crippen LogP contribution is 2.16. The van der Waals surface area contributed by atoms with Crippen LogP contribution in [-0.4, -0.2) is 28.0 Å². The number of aryl methyl sites for hydroxylation is 2. The van der Waals surface area contributed by atoms with Gasteiger partial charge in [0.1, 0.15) is 17.1 Å². The van der Waals surface area contributed by atoms with E-state index in [0.29, 0.717) is 24.6 Å². The second-order valence-corrected chi connectivity index (χ2v) is 4.93. The van der Waals surface area contributed by atoms with E-state index in [9.17, 15) is 4.79 Å². The maximum Gasteiger partial charge on any atom is 0.339 e. The fourth-order valence-corrected chi connectivity index (χ4v) is 2.12. The number of hydrogen-bond donors (Lipinski definition) is 1. The van der Waals surface area contributed by atoms with E-state index in [4.69, 9.17) is 9.52 Å². The summed E-state index contributed by atoms with van der Waals surface area (Å²) in [4.78, 5) is 17.4. The minimum absolute atomic E-state index is 0.224. The van der Waals surface area contributed by atoms with Crippen LogP contribution in [0, 0.1) is 13.8 Å². The van der Waals surface area contributed by atoms with E-state index >= 15 is 0 Å². The first-order valence-corrected chi connectivity index (χ1v) is 6.39. The summed E-state index contributed by atoms with van der Waals surface area (Å²) in [6.07, 6.45) is 0. The maximum atomic E-state index is 11.0. The van der Waals surface area contributed by atoms with E-state index in [1.54, 1.807) is 13.0 Å². The molecule has 5 nitrogen and oxygen atoms in total. The lowest BCUT2D eigenvalue weighted by atomic mass is 10.2. The van der Waals surface area contributed by atoms with Gasteiger partial charge in [0.2, 0.25) is 0 Å². The van der Waals surface area contributed by atoms with Crippen LogP contribution in [-0.2, 0) is 13.1 Å². The number of carboxylic acids is 1. The number of aromatic carboxylic acids is 1. The monoisotopic (exact) mass is 274 g/mol. The topological polar surface area (TPSA) is 66.6 Å². The zero-order valence-corrected chi connectivity index (χ0v) is 11.9. The molecule has 1 N–H and O–H groups in total. The van der Waals surface area contributed by atoms with Gasteiger partial charge in [0.15, 0.2) is 0 Å². The zero-order chi connectivity index (χ0) is 14.7. The highest BCUT2D eigenvalue weighted by atomic mass is 16.4. The molecule has 2 aromatic heterocycles. The van der Waals surface area contributed by atoms with Crippen LogP contribution in [0.5, 0.6) is 0 Å². The summed E-state index contributed by atoms with van der Waals surface area (Å²) in [6.45, 7) is 4.85. The summed E-state index contributed by atoms with van der Waals surface area (Å²) in [5.74, 6) is 0.130. The first-order valence-electron chi connectivity index (χ1n) is 6.39. The Kier molecular flexibility index (Phi) is 4.20. The molecule has 2 aromatic rings. The van der Waals surface area contributed by atoms with Crippen LogP contribution < -0.4 is 0 Å². The summed E-state index contributed by atoms with van der Waals surface area (Å²) in [5.41, 5.74) is 2.19. The third kappa shape index (κ3) is 3.45. The zero-order valence-electron chi connectivity index (χ0n) is 11.9. The van der Waals surface area contributed by atoms with Crippen molar-refractivity contribution >= 4 is 5.97 Å². The lowest BCUT2D eigenvalue weighted by Gasteiger charge is -2.14. The van der Waals surface area contributed by atoms with Crippen LogP contribution in [0.15, 0.2) is 28.7 Å². The number of aromatic nitrogens is 1. The quantitative estimate of drug-likeness (QED) is 0.907. The molecule has 2 heterocycles. The lowest BCUT2D eigenvalue weighted by Crippen LogP contribution is -2.17. The van der Waals surface area contributed by atoms with Crippen molar-refractivity contribution in [2.24, 2.45) is 0 Å². The van der Waals surface area contributed by atoms with Gasteiger partial charge in [-0.05, 0) is 39.1 Å². The summed E-state index contributed by atoms with van der Waals surface area (Å²) >= 11 is 0.